The Morgan fingerprint density at radius 1 is 0.964 bits per heavy atom. The van der Waals surface area contributed by atoms with E-state index in [1.165, 1.54) is 0 Å². The van der Waals surface area contributed by atoms with E-state index < -0.39 is 0 Å². The summed E-state index contributed by atoms with van der Waals surface area (Å²) < 4.78 is 5.42. The minimum Gasteiger partial charge on any atom is -0.378 e. The number of amides is 2. The van der Waals surface area contributed by atoms with Crippen molar-refractivity contribution < 1.29 is 9.53 Å². The van der Waals surface area contributed by atoms with Crippen LogP contribution in [0.2, 0.25) is 0 Å². The van der Waals surface area contributed by atoms with Gasteiger partial charge in [-0.3, -0.25) is 0 Å². The van der Waals surface area contributed by atoms with E-state index in [1.54, 1.807) is 12.4 Å². The van der Waals surface area contributed by atoms with Crippen LogP contribution >= 0.6 is 0 Å². The van der Waals surface area contributed by atoms with Gasteiger partial charge in [-0.05, 0) is 31.0 Å². The fourth-order valence-electron chi connectivity index (χ4n) is 3.65. The van der Waals surface area contributed by atoms with Gasteiger partial charge in [0.15, 0.2) is 5.82 Å². The van der Waals surface area contributed by atoms with Crippen molar-refractivity contribution in [2.24, 2.45) is 0 Å². The first kappa shape index (κ1) is 18.5. The van der Waals surface area contributed by atoms with E-state index >= 15 is 0 Å². The summed E-state index contributed by atoms with van der Waals surface area (Å²) >= 11 is 0. The Morgan fingerprint density at radius 3 is 2.43 bits per heavy atom. The van der Waals surface area contributed by atoms with Gasteiger partial charge in [-0.2, -0.15) is 0 Å². The van der Waals surface area contributed by atoms with Crippen molar-refractivity contribution in [3.63, 3.8) is 0 Å². The average molecular weight is 382 g/mol. The van der Waals surface area contributed by atoms with Crippen molar-refractivity contribution in [3.8, 4) is 0 Å². The first-order chi connectivity index (χ1) is 13.8. The zero-order valence-corrected chi connectivity index (χ0v) is 15.9. The highest BCUT2D eigenvalue weighted by Crippen LogP contribution is 2.26. The van der Waals surface area contributed by atoms with Gasteiger partial charge in [0.25, 0.3) is 0 Å². The quantitative estimate of drug-likeness (QED) is 0.825. The molecule has 2 saturated heterocycles. The lowest BCUT2D eigenvalue weighted by molar-refractivity contribution is 0.122. The Kier molecular flexibility index (Phi) is 5.86. The fourth-order valence-corrected chi connectivity index (χ4v) is 3.65. The Morgan fingerprint density at radius 2 is 1.64 bits per heavy atom. The summed E-state index contributed by atoms with van der Waals surface area (Å²) in [6.07, 6.45) is 5.87. The third-order valence-corrected chi connectivity index (χ3v) is 5.06. The molecule has 2 aliphatic rings. The average Bonchev–Trinajstić information content (AvgIpc) is 3.28. The van der Waals surface area contributed by atoms with E-state index in [-0.39, 0.29) is 6.03 Å². The molecule has 0 spiro atoms. The van der Waals surface area contributed by atoms with Crippen molar-refractivity contribution >= 4 is 23.4 Å². The van der Waals surface area contributed by atoms with E-state index in [0.29, 0.717) is 19.8 Å². The topological polar surface area (TPSA) is 82.6 Å². The molecule has 28 heavy (non-hydrogen) atoms. The third kappa shape index (κ3) is 4.33. The number of rotatable bonds is 5. The molecule has 8 nitrogen and oxygen atoms in total. The number of morpholine rings is 1. The Bertz CT molecular complexity index is 803. The monoisotopic (exact) mass is 382 g/mol. The molecule has 8 heteroatoms. The number of aromatic nitrogens is 2. The third-order valence-electron chi connectivity index (χ3n) is 5.06. The molecular weight excluding hydrogens is 356 g/mol. The highest BCUT2D eigenvalue weighted by atomic mass is 16.5. The smallest absolute Gasteiger partial charge is 0.319 e. The number of hydrogen-bond donors (Lipinski definition) is 2. The second-order valence-electron chi connectivity index (χ2n) is 6.96. The number of carbonyl (C=O) groups is 1. The molecule has 0 aromatic carbocycles. The van der Waals surface area contributed by atoms with Crippen LogP contribution in [-0.2, 0) is 11.3 Å². The summed E-state index contributed by atoms with van der Waals surface area (Å²) in [5, 5.41) is 5.90. The maximum Gasteiger partial charge on any atom is 0.319 e. The number of pyridine rings is 2. The number of carbonyl (C=O) groups excluding carboxylic acids is 1. The van der Waals surface area contributed by atoms with E-state index in [1.807, 2.05) is 24.3 Å². The number of nitrogens with zero attached hydrogens (tertiary/aromatic N) is 4. The Labute approximate surface area is 164 Å². The van der Waals surface area contributed by atoms with Crippen LogP contribution in [0.5, 0.6) is 0 Å². The predicted molar refractivity (Wildman–Crippen MR) is 109 cm³/mol. The standard InChI is InChI=1S/C20H26N6O2/c27-20(24-17-6-4-8-22-19(17)25-9-1-2-10-25)23-15-16-5-3-7-21-18(16)26-11-13-28-14-12-26/h3-8H,1-2,9-15H2,(H2,23,24,27). The van der Waals surface area contributed by atoms with E-state index in [9.17, 15) is 4.79 Å². The van der Waals surface area contributed by atoms with Gasteiger partial charge in [-0.15, -0.1) is 0 Å². The maximum absolute atomic E-state index is 12.5. The zero-order valence-electron chi connectivity index (χ0n) is 15.9. The summed E-state index contributed by atoms with van der Waals surface area (Å²) in [6.45, 7) is 5.38. The Hall–Kier alpha value is -2.87. The zero-order chi connectivity index (χ0) is 19.2. The highest BCUT2D eigenvalue weighted by molar-refractivity contribution is 5.92. The van der Waals surface area contributed by atoms with Crippen LogP contribution < -0.4 is 20.4 Å². The number of urea groups is 1. The van der Waals surface area contributed by atoms with Crippen LogP contribution in [0.3, 0.4) is 0 Å². The van der Waals surface area contributed by atoms with Crippen LogP contribution in [0.1, 0.15) is 18.4 Å². The summed E-state index contributed by atoms with van der Waals surface area (Å²) in [5.74, 6) is 1.75. The molecule has 2 N–H and O–H groups in total. The van der Waals surface area contributed by atoms with E-state index in [2.05, 4.69) is 30.4 Å². The van der Waals surface area contributed by atoms with Gasteiger partial charge in [0.05, 0.1) is 18.9 Å². The first-order valence-corrected chi connectivity index (χ1v) is 9.83. The largest absolute Gasteiger partial charge is 0.378 e. The van der Waals surface area contributed by atoms with Gasteiger partial charge < -0.3 is 25.2 Å². The molecule has 0 saturated carbocycles. The molecule has 0 atom stereocenters. The summed E-state index contributed by atoms with van der Waals surface area (Å²) in [4.78, 5) is 25.9. The Balaban J connectivity index is 1.39. The summed E-state index contributed by atoms with van der Waals surface area (Å²) in [7, 11) is 0. The second-order valence-corrected chi connectivity index (χ2v) is 6.96. The second kappa shape index (κ2) is 8.88. The molecule has 2 aromatic rings. The maximum atomic E-state index is 12.5. The predicted octanol–water partition coefficient (Wildman–Crippen LogP) is 2.24. The van der Waals surface area contributed by atoms with Crippen LogP contribution in [0.4, 0.5) is 22.1 Å². The van der Waals surface area contributed by atoms with Crippen LogP contribution in [0.15, 0.2) is 36.7 Å². The molecule has 2 aliphatic heterocycles. The van der Waals surface area contributed by atoms with Crippen LogP contribution in [-0.4, -0.2) is 55.4 Å². The van der Waals surface area contributed by atoms with Crippen LogP contribution in [0.25, 0.3) is 0 Å². The minimum absolute atomic E-state index is 0.245. The number of nitrogens with one attached hydrogen (secondary N) is 2. The van der Waals surface area contributed by atoms with Gasteiger partial charge in [-0.25, -0.2) is 14.8 Å². The molecule has 0 unspecified atom stereocenters. The normalized spacial score (nSPS) is 16.9. The van der Waals surface area contributed by atoms with Gasteiger partial charge in [0, 0.05) is 50.7 Å². The lowest BCUT2D eigenvalue weighted by atomic mass is 10.2. The molecule has 0 aliphatic carbocycles. The fraction of sp³-hybridized carbons (Fsp3) is 0.450. The lowest BCUT2D eigenvalue weighted by Gasteiger charge is -2.29. The molecule has 2 fully saturated rings. The van der Waals surface area contributed by atoms with Crippen LogP contribution in [0, 0.1) is 0 Å². The summed E-state index contributed by atoms with van der Waals surface area (Å²) in [5.41, 5.74) is 1.73. The molecule has 4 rings (SSSR count). The SMILES string of the molecule is O=C(NCc1cccnc1N1CCOCC1)Nc1cccnc1N1CCCC1. The molecule has 0 radical (unpaired) electrons. The van der Waals surface area contributed by atoms with Crippen molar-refractivity contribution in [2.45, 2.75) is 19.4 Å². The number of ether oxygens (including phenoxy) is 1. The van der Waals surface area contributed by atoms with Gasteiger partial charge in [0.2, 0.25) is 0 Å². The lowest BCUT2D eigenvalue weighted by Crippen LogP contribution is -2.38. The number of anilines is 3. The molecule has 0 bridgehead atoms. The number of hydrogen-bond acceptors (Lipinski definition) is 6. The van der Waals surface area contributed by atoms with Crippen molar-refractivity contribution in [1.82, 2.24) is 15.3 Å². The van der Waals surface area contributed by atoms with Gasteiger partial charge in [0.1, 0.15) is 5.82 Å². The molecule has 148 valence electrons. The van der Waals surface area contributed by atoms with Crippen molar-refractivity contribution in [1.29, 1.82) is 0 Å². The summed E-state index contributed by atoms with van der Waals surface area (Å²) in [6, 6.07) is 7.38. The van der Waals surface area contributed by atoms with E-state index in [4.69, 9.17) is 4.74 Å². The van der Waals surface area contributed by atoms with Crippen molar-refractivity contribution in [3.05, 3.63) is 42.2 Å². The van der Waals surface area contributed by atoms with E-state index in [0.717, 1.165) is 61.9 Å². The van der Waals surface area contributed by atoms with Gasteiger partial charge in [-0.1, -0.05) is 6.07 Å². The molecule has 2 aromatic heterocycles. The van der Waals surface area contributed by atoms with Gasteiger partial charge >= 0.3 is 6.03 Å². The molecule has 2 amide bonds. The molecular formula is C20H26N6O2. The first-order valence-electron chi connectivity index (χ1n) is 9.83. The molecule has 4 heterocycles. The van der Waals surface area contributed by atoms with Crippen molar-refractivity contribution in [2.75, 3.05) is 54.5 Å². The minimum atomic E-state index is -0.245. The highest BCUT2D eigenvalue weighted by Gasteiger charge is 2.19.